The van der Waals surface area contributed by atoms with Gasteiger partial charge in [0, 0.05) is 19.1 Å². The number of nitrogens with two attached hydrogens (primary N) is 1. The van der Waals surface area contributed by atoms with Gasteiger partial charge in [-0.05, 0) is 19.5 Å². The number of nitrogens with one attached hydrogen (secondary N) is 2. The topological polar surface area (TPSA) is 87.5 Å². The number of halogens is 1. The summed E-state index contributed by atoms with van der Waals surface area (Å²) in [5.74, 6) is -0.545. The molecule has 0 saturated heterocycles. The molecule has 7 heteroatoms. The van der Waals surface area contributed by atoms with E-state index in [0.29, 0.717) is 0 Å². The van der Waals surface area contributed by atoms with Crippen molar-refractivity contribution in [2.75, 3.05) is 26.7 Å². The minimum absolute atomic E-state index is 0. The smallest absolute Gasteiger partial charge is 0.239 e. The summed E-state index contributed by atoms with van der Waals surface area (Å²) in [6.45, 7) is 3.34. The standard InChI is InChI=1S/C15H24N4O2.ClH/c1-12(18-15(21)9-17-14(20)8-16)10-19(2)11-13-6-4-3-5-7-13;/h3-7,12H,8-11,16H2,1-2H3,(H,17,20)(H,18,21);1H. The quantitative estimate of drug-likeness (QED) is 0.632. The lowest BCUT2D eigenvalue weighted by Gasteiger charge is -2.22. The Morgan fingerprint density at radius 1 is 1.23 bits per heavy atom. The average molecular weight is 329 g/mol. The first kappa shape index (κ1) is 20.4. The highest BCUT2D eigenvalue weighted by molar-refractivity contribution is 5.85. The number of amides is 2. The van der Waals surface area contributed by atoms with E-state index in [-0.39, 0.29) is 43.4 Å². The first-order chi connectivity index (χ1) is 10.0. The van der Waals surface area contributed by atoms with Crippen LogP contribution >= 0.6 is 12.4 Å². The van der Waals surface area contributed by atoms with Crippen molar-refractivity contribution in [3.05, 3.63) is 35.9 Å². The molecule has 0 aliphatic carbocycles. The lowest BCUT2D eigenvalue weighted by atomic mass is 10.2. The molecule has 0 bridgehead atoms. The first-order valence-corrected chi connectivity index (χ1v) is 7.00. The fraction of sp³-hybridized carbons (Fsp3) is 0.467. The Morgan fingerprint density at radius 3 is 2.45 bits per heavy atom. The number of carbonyl (C=O) groups is 2. The van der Waals surface area contributed by atoms with Crippen LogP contribution in [0.15, 0.2) is 30.3 Å². The number of carbonyl (C=O) groups excluding carboxylic acids is 2. The van der Waals surface area contributed by atoms with Crippen molar-refractivity contribution in [3.8, 4) is 0 Å². The predicted octanol–water partition coefficient (Wildman–Crippen LogP) is 0.120. The van der Waals surface area contributed by atoms with Gasteiger partial charge >= 0.3 is 0 Å². The van der Waals surface area contributed by atoms with Gasteiger partial charge in [0.05, 0.1) is 13.1 Å². The lowest BCUT2D eigenvalue weighted by molar-refractivity contribution is -0.125. The van der Waals surface area contributed by atoms with Gasteiger partial charge in [-0.25, -0.2) is 0 Å². The van der Waals surface area contributed by atoms with Crippen LogP contribution in [0.2, 0.25) is 0 Å². The molecule has 0 aliphatic heterocycles. The van der Waals surface area contributed by atoms with Gasteiger partial charge in [0.25, 0.3) is 0 Å². The fourth-order valence-corrected chi connectivity index (χ4v) is 2.05. The van der Waals surface area contributed by atoms with E-state index >= 15 is 0 Å². The summed E-state index contributed by atoms with van der Waals surface area (Å²) in [6.07, 6.45) is 0. The van der Waals surface area contributed by atoms with Crippen LogP contribution in [0.1, 0.15) is 12.5 Å². The van der Waals surface area contributed by atoms with Crippen molar-refractivity contribution < 1.29 is 9.59 Å². The van der Waals surface area contributed by atoms with Gasteiger partial charge in [-0.3, -0.25) is 9.59 Å². The Balaban J connectivity index is 0.00000441. The zero-order valence-electron chi connectivity index (χ0n) is 13.0. The zero-order chi connectivity index (χ0) is 15.7. The summed E-state index contributed by atoms with van der Waals surface area (Å²) in [6, 6.07) is 10.1. The molecule has 124 valence electrons. The molecule has 1 rings (SSSR count). The van der Waals surface area contributed by atoms with Crippen LogP contribution in [-0.2, 0) is 16.1 Å². The molecule has 22 heavy (non-hydrogen) atoms. The van der Waals surface area contributed by atoms with E-state index in [1.807, 2.05) is 32.2 Å². The first-order valence-electron chi connectivity index (χ1n) is 7.00. The summed E-state index contributed by atoms with van der Waals surface area (Å²) >= 11 is 0. The van der Waals surface area contributed by atoms with Gasteiger partial charge in [0.1, 0.15) is 0 Å². The molecular formula is C15H25ClN4O2. The van der Waals surface area contributed by atoms with Crippen molar-refractivity contribution >= 4 is 24.2 Å². The fourth-order valence-electron chi connectivity index (χ4n) is 2.05. The predicted molar refractivity (Wildman–Crippen MR) is 89.7 cm³/mol. The maximum absolute atomic E-state index is 11.6. The minimum Gasteiger partial charge on any atom is -0.351 e. The summed E-state index contributed by atoms with van der Waals surface area (Å²) in [5, 5.41) is 5.28. The highest BCUT2D eigenvalue weighted by atomic mass is 35.5. The summed E-state index contributed by atoms with van der Waals surface area (Å²) in [7, 11) is 2.01. The van der Waals surface area contributed by atoms with E-state index in [1.54, 1.807) is 0 Å². The Hall–Kier alpha value is -1.63. The van der Waals surface area contributed by atoms with Crippen LogP contribution in [0.25, 0.3) is 0 Å². The average Bonchev–Trinajstić information content (AvgIpc) is 2.45. The number of rotatable bonds is 8. The van der Waals surface area contributed by atoms with Gasteiger partial charge < -0.3 is 21.3 Å². The summed E-state index contributed by atoms with van der Waals surface area (Å²) < 4.78 is 0. The molecule has 6 nitrogen and oxygen atoms in total. The molecule has 0 spiro atoms. The van der Waals surface area contributed by atoms with Gasteiger partial charge in [0.15, 0.2) is 0 Å². The molecule has 0 saturated carbocycles. The van der Waals surface area contributed by atoms with E-state index in [0.717, 1.165) is 13.1 Å². The Bertz CT molecular complexity index is 456. The Labute approximate surface area is 137 Å². The monoisotopic (exact) mass is 328 g/mol. The second-order valence-electron chi connectivity index (χ2n) is 5.13. The third-order valence-corrected chi connectivity index (χ3v) is 2.92. The third kappa shape index (κ3) is 8.61. The molecular weight excluding hydrogens is 304 g/mol. The van der Waals surface area contributed by atoms with Crippen LogP contribution in [0.4, 0.5) is 0 Å². The van der Waals surface area contributed by atoms with Crippen LogP contribution in [-0.4, -0.2) is 49.4 Å². The van der Waals surface area contributed by atoms with Crippen LogP contribution < -0.4 is 16.4 Å². The molecule has 1 aromatic rings. The van der Waals surface area contributed by atoms with E-state index < -0.39 is 0 Å². The van der Waals surface area contributed by atoms with Crippen LogP contribution in [0, 0.1) is 0 Å². The zero-order valence-corrected chi connectivity index (χ0v) is 13.9. The van der Waals surface area contributed by atoms with E-state index in [1.165, 1.54) is 5.56 Å². The third-order valence-electron chi connectivity index (χ3n) is 2.92. The highest BCUT2D eigenvalue weighted by Crippen LogP contribution is 2.02. The second kappa shape index (κ2) is 11.0. The molecule has 4 N–H and O–H groups in total. The number of likely N-dealkylation sites (N-methyl/N-ethyl adjacent to an activating group) is 1. The lowest BCUT2D eigenvalue weighted by Crippen LogP contribution is -2.45. The normalized spacial score (nSPS) is 11.5. The van der Waals surface area contributed by atoms with E-state index in [9.17, 15) is 9.59 Å². The molecule has 0 fully saturated rings. The van der Waals surface area contributed by atoms with E-state index in [2.05, 4.69) is 27.7 Å². The Morgan fingerprint density at radius 2 is 1.86 bits per heavy atom. The van der Waals surface area contributed by atoms with Crippen molar-refractivity contribution in [1.29, 1.82) is 0 Å². The molecule has 2 amide bonds. The second-order valence-corrected chi connectivity index (χ2v) is 5.13. The largest absolute Gasteiger partial charge is 0.351 e. The summed E-state index contributed by atoms with van der Waals surface area (Å²) in [4.78, 5) is 24.7. The van der Waals surface area contributed by atoms with Gasteiger partial charge in [-0.15, -0.1) is 12.4 Å². The molecule has 0 aliphatic rings. The van der Waals surface area contributed by atoms with E-state index in [4.69, 9.17) is 5.73 Å². The maximum Gasteiger partial charge on any atom is 0.239 e. The van der Waals surface area contributed by atoms with Gasteiger partial charge in [0.2, 0.25) is 11.8 Å². The summed E-state index contributed by atoms with van der Waals surface area (Å²) in [5.41, 5.74) is 6.38. The maximum atomic E-state index is 11.6. The van der Waals surface area contributed by atoms with Crippen molar-refractivity contribution in [2.45, 2.75) is 19.5 Å². The van der Waals surface area contributed by atoms with Crippen LogP contribution in [0.3, 0.4) is 0 Å². The van der Waals surface area contributed by atoms with Crippen molar-refractivity contribution in [1.82, 2.24) is 15.5 Å². The number of hydrogen-bond acceptors (Lipinski definition) is 4. The SMILES string of the molecule is CC(CN(C)Cc1ccccc1)NC(=O)CNC(=O)CN.Cl. The minimum atomic E-state index is -0.334. The molecule has 1 aromatic carbocycles. The number of nitrogens with zero attached hydrogens (tertiary/aromatic N) is 1. The molecule has 1 atom stereocenters. The van der Waals surface area contributed by atoms with Crippen molar-refractivity contribution in [3.63, 3.8) is 0 Å². The Kier molecular flexibility index (Phi) is 10.2. The molecule has 0 heterocycles. The van der Waals surface area contributed by atoms with Crippen molar-refractivity contribution in [2.24, 2.45) is 5.73 Å². The van der Waals surface area contributed by atoms with Gasteiger partial charge in [-0.1, -0.05) is 30.3 Å². The molecule has 0 radical (unpaired) electrons. The number of benzene rings is 1. The van der Waals surface area contributed by atoms with Crippen LogP contribution in [0.5, 0.6) is 0 Å². The number of hydrogen-bond donors (Lipinski definition) is 3. The highest BCUT2D eigenvalue weighted by Gasteiger charge is 2.10. The van der Waals surface area contributed by atoms with Gasteiger partial charge in [-0.2, -0.15) is 0 Å². The molecule has 1 unspecified atom stereocenters. The molecule has 0 aromatic heterocycles.